The Hall–Kier alpha value is -1.96. The molecule has 0 bridgehead atoms. The third-order valence-electron chi connectivity index (χ3n) is 2.56. The molecule has 0 aliphatic heterocycles. The van der Waals surface area contributed by atoms with E-state index in [0.29, 0.717) is 5.56 Å². The van der Waals surface area contributed by atoms with E-state index in [1.54, 1.807) is 26.8 Å². The maximum atomic E-state index is 12.2. The molecule has 0 saturated heterocycles. The van der Waals surface area contributed by atoms with Gasteiger partial charge in [0, 0.05) is 0 Å². The molecule has 0 aliphatic rings. The maximum absolute atomic E-state index is 12.2. The molecule has 8 heteroatoms. The Morgan fingerprint density at radius 3 is 2.48 bits per heavy atom. The van der Waals surface area contributed by atoms with E-state index in [1.807, 2.05) is 0 Å². The van der Waals surface area contributed by atoms with Gasteiger partial charge >= 0.3 is 12.5 Å². The van der Waals surface area contributed by atoms with Crippen molar-refractivity contribution < 1.29 is 32.5 Å². The van der Waals surface area contributed by atoms with Crippen LogP contribution in [-0.4, -0.2) is 35.8 Å². The second-order valence-corrected chi connectivity index (χ2v) is 5.93. The Balaban J connectivity index is 2.68. The molecule has 0 heterocycles. The number of alkyl carbamates (subject to hydrolysis) is 1. The van der Waals surface area contributed by atoms with Gasteiger partial charge in [0.25, 0.3) is 0 Å². The van der Waals surface area contributed by atoms with Gasteiger partial charge in [-0.1, -0.05) is 12.1 Å². The van der Waals surface area contributed by atoms with Crippen LogP contribution in [0.2, 0.25) is 0 Å². The van der Waals surface area contributed by atoms with E-state index in [4.69, 9.17) is 4.74 Å². The number of amides is 1. The van der Waals surface area contributed by atoms with Gasteiger partial charge < -0.3 is 19.9 Å². The highest BCUT2D eigenvalue weighted by Gasteiger charge is 2.31. The number of hydrogen-bond donors (Lipinski definition) is 2. The summed E-state index contributed by atoms with van der Waals surface area (Å²) in [6, 6.07) is 4.66. The lowest BCUT2D eigenvalue weighted by molar-refractivity contribution is -0.274. The first-order valence-corrected chi connectivity index (χ1v) is 6.93. The first-order valence-electron chi connectivity index (χ1n) is 6.93. The van der Waals surface area contributed by atoms with Gasteiger partial charge in [-0.3, -0.25) is 0 Å². The molecule has 0 aliphatic carbocycles. The highest BCUT2D eigenvalue weighted by atomic mass is 19.4. The van der Waals surface area contributed by atoms with Crippen molar-refractivity contribution in [1.82, 2.24) is 5.32 Å². The zero-order chi connectivity index (χ0) is 17.7. The summed E-state index contributed by atoms with van der Waals surface area (Å²) in [5, 5.41) is 11.8. The molecule has 0 radical (unpaired) electrons. The second kappa shape index (κ2) is 7.54. The first kappa shape index (κ1) is 19.1. The van der Waals surface area contributed by atoms with Crippen molar-refractivity contribution in [3.63, 3.8) is 0 Å². The minimum atomic E-state index is -4.77. The third kappa shape index (κ3) is 8.29. The molecular weight excluding hydrogens is 315 g/mol. The number of benzene rings is 1. The number of aliphatic hydroxyl groups is 1. The predicted octanol–water partition coefficient (Wildman–Crippen LogP) is 3.01. The van der Waals surface area contributed by atoms with Crippen LogP contribution in [0.15, 0.2) is 24.3 Å². The number of carbonyl (C=O) groups excluding carboxylic acids is 1. The van der Waals surface area contributed by atoms with E-state index >= 15 is 0 Å². The van der Waals surface area contributed by atoms with Gasteiger partial charge in [-0.15, -0.1) is 13.2 Å². The molecule has 0 fully saturated rings. The molecule has 1 atom stereocenters. The Labute approximate surface area is 132 Å². The number of rotatable bonds is 5. The number of halogens is 3. The third-order valence-corrected chi connectivity index (χ3v) is 2.56. The summed E-state index contributed by atoms with van der Waals surface area (Å²) in [5.41, 5.74) is -0.216. The van der Waals surface area contributed by atoms with Crippen LogP contribution in [0.25, 0.3) is 0 Å². The highest BCUT2D eigenvalue weighted by Crippen LogP contribution is 2.23. The molecule has 2 N–H and O–H groups in total. The summed E-state index contributed by atoms with van der Waals surface area (Å²) in [6.45, 7) is 4.69. The van der Waals surface area contributed by atoms with Crippen molar-refractivity contribution >= 4 is 6.09 Å². The van der Waals surface area contributed by atoms with Gasteiger partial charge in [-0.05, 0) is 44.9 Å². The van der Waals surface area contributed by atoms with Crippen LogP contribution < -0.4 is 10.1 Å². The number of aliphatic hydroxyl groups excluding tert-OH is 1. The van der Waals surface area contributed by atoms with E-state index in [1.165, 1.54) is 18.2 Å². The lowest BCUT2D eigenvalue weighted by Crippen LogP contribution is -2.42. The fourth-order valence-corrected chi connectivity index (χ4v) is 1.79. The molecule has 130 valence electrons. The Bertz CT molecular complexity index is 526. The van der Waals surface area contributed by atoms with Crippen LogP contribution >= 0.6 is 0 Å². The standard InChI is InChI=1S/C15H20F3NO4/c1-14(2,3)23-13(21)19-11(9-20)7-10-5-4-6-12(8-10)22-15(16,17)18/h4-6,8,11,20H,7,9H2,1-3H3,(H,19,21)/t11-/m0/s1. The summed E-state index contributed by atoms with van der Waals surface area (Å²) < 4.78 is 45.5. The van der Waals surface area contributed by atoms with Gasteiger partial charge in [-0.2, -0.15) is 0 Å². The molecule has 0 spiro atoms. The predicted molar refractivity (Wildman–Crippen MR) is 77.1 cm³/mol. The molecule has 1 amide bonds. The summed E-state index contributed by atoms with van der Waals surface area (Å²) in [6.07, 6.45) is -5.35. The molecule has 0 saturated carbocycles. The topological polar surface area (TPSA) is 67.8 Å². The van der Waals surface area contributed by atoms with E-state index in [2.05, 4.69) is 10.1 Å². The average Bonchev–Trinajstić information content (AvgIpc) is 2.33. The zero-order valence-corrected chi connectivity index (χ0v) is 13.1. The molecule has 1 aromatic carbocycles. The van der Waals surface area contributed by atoms with Crippen molar-refractivity contribution in [3.05, 3.63) is 29.8 Å². The Morgan fingerprint density at radius 2 is 1.96 bits per heavy atom. The first-order chi connectivity index (χ1) is 10.5. The van der Waals surface area contributed by atoms with Gasteiger partial charge in [-0.25, -0.2) is 4.79 Å². The van der Waals surface area contributed by atoms with Gasteiger partial charge in [0.05, 0.1) is 12.6 Å². The largest absolute Gasteiger partial charge is 0.573 e. The van der Waals surface area contributed by atoms with E-state index in [-0.39, 0.29) is 18.8 Å². The van der Waals surface area contributed by atoms with E-state index < -0.39 is 24.1 Å². The molecule has 23 heavy (non-hydrogen) atoms. The number of alkyl halides is 3. The number of nitrogens with one attached hydrogen (secondary N) is 1. The zero-order valence-electron chi connectivity index (χ0n) is 13.1. The van der Waals surface area contributed by atoms with Crippen LogP contribution in [0.5, 0.6) is 5.75 Å². The lowest BCUT2D eigenvalue weighted by atomic mass is 10.1. The Morgan fingerprint density at radius 1 is 1.30 bits per heavy atom. The number of ether oxygens (including phenoxy) is 2. The van der Waals surface area contributed by atoms with Gasteiger partial charge in [0.2, 0.25) is 0 Å². The quantitative estimate of drug-likeness (QED) is 0.868. The lowest BCUT2D eigenvalue weighted by Gasteiger charge is -2.23. The van der Waals surface area contributed by atoms with Crippen molar-refractivity contribution in [2.24, 2.45) is 0 Å². The highest BCUT2D eigenvalue weighted by molar-refractivity contribution is 5.68. The SMILES string of the molecule is CC(C)(C)OC(=O)N[C@H](CO)Cc1cccc(OC(F)(F)F)c1. The molecule has 5 nitrogen and oxygen atoms in total. The minimum Gasteiger partial charge on any atom is -0.444 e. The fourth-order valence-electron chi connectivity index (χ4n) is 1.79. The molecule has 0 unspecified atom stereocenters. The van der Waals surface area contributed by atoms with Crippen LogP contribution in [0.4, 0.5) is 18.0 Å². The van der Waals surface area contributed by atoms with E-state index in [9.17, 15) is 23.1 Å². The van der Waals surface area contributed by atoms with Crippen molar-refractivity contribution in [3.8, 4) is 5.75 Å². The summed E-state index contributed by atoms with van der Waals surface area (Å²) in [5.74, 6) is -0.357. The van der Waals surface area contributed by atoms with Crippen LogP contribution in [0.1, 0.15) is 26.3 Å². The summed E-state index contributed by atoms with van der Waals surface area (Å²) >= 11 is 0. The fraction of sp³-hybridized carbons (Fsp3) is 0.533. The van der Waals surface area contributed by atoms with Crippen LogP contribution in [0, 0.1) is 0 Å². The smallest absolute Gasteiger partial charge is 0.444 e. The van der Waals surface area contributed by atoms with E-state index in [0.717, 1.165) is 0 Å². The molecule has 0 aromatic heterocycles. The molecule has 1 aromatic rings. The Kier molecular flexibility index (Phi) is 6.26. The summed E-state index contributed by atoms with van der Waals surface area (Å²) in [4.78, 5) is 11.7. The van der Waals surface area contributed by atoms with Crippen LogP contribution in [0.3, 0.4) is 0 Å². The number of carbonyl (C=O) groups is 1. The number of hydrogen-bond acceptors (Lipinski definition) is 4. The molecular formula is C15H20F3NO4. The van der Waals surface area contributed by atoms with Gasteiger partial charge in [0.15, 0.2) is 0 Å². The second-order valence-electron chi connectivity index (χ2n) is 5.93. The minimum absolute atomic E-state index is 0.130. The normalized spacial score (nSPS) is 13.3. The van der Waals surface area contributed by atoms with Gasteiger partial charge in [0.1, 0.15) is 11.4 Å². The molecule has 1 rings (SSSR count). The van der Waals surface area contributed by atoms with Crippen molar-refractivity contribution in [2.75, 3.05) is 6.61 Å². The van der Waals surface area contributed by atoms with Crippen molar-refractivity contribution in [2.45, 2.75) is 45.2 Å². The summed E-state index contributed by atoms with van der Waals surface area (Å²) in [7, 11) is 0. The monoisotopic (exact) mass is 335 g/mol. The van der Waals surface area contributed by atoms with Crippen molar-refractivity contribution in [1.29, 1.82) is 0 Å². The average molecular weight is 335 g/mol. The van der Waals surface area contributed by atoms with Crippen LogP contribution in [-0.2, 0) is 11.2 Å². The maximum Gasteiger partial charge on any atom is 0.573 e.